The molecule has 0 aliphatic carbocycles. The number of nitrogens with one attached hydrogen (secondary N) is 1. The van der Waals surface area contributed by atoms with E-state index in [1.807, 2.05) is 0 Å². The smallest absolute Gasteiger partial charge is 0.243 e. The van der Waals surface area contributed by atoms with Gasteiger partial charge in [-0.15, -0.1) is 0 Å². The summed E-state index contributed by atoms with van der Waals surface area (Å²) in [4.78, 5) is 15.2. The van der Waals surface area contributed by atoms with Gasteiger partial charge in [0.15, 0.2) is 11.6 Å². The lowest BCUT2D eigenvalue weighted by Crippen LogP contribution is -2.34. The second-order valence-electron chi connectivity index (χ2n) is 9.68. The van der Waals surface area contributed by atoms with Gasteiger partial charge in [-0.1, -0.05) is 24.8 Å². The highest BCUT2D eigenvalue weighted by atomic mass is 32.2. The Morgan fingerprint density at radius 2 is 1.71 bits per heavy atom. The summed E-state index contributed by atoms with van der Waals surface area (Å²) in [6, 6.07) is 9.65. The molecule has 1 amide bonds. The molecule has 2 atom stereocenters. The Bertz CT molecular complexity index is 1390. The fourth-order valence-corrected chi connectivity index (χ4v) is 7.02. The van der Waals surface area contributed by atoms with Gasteiger partial charge < -0.3 is 4.90 Å². The first kappa shape index (κ1) is 28.3. The van der Waals surface area contributed by atoms with Crippen molar-refractivity contribution in [3.05, 3.63) is 77.2 Å². The Hall–Kier alpha value is -2.67. The minimum absolute atomic E-state index is 0.0637. The normalized spacial score (nSPS) is 19.5. The highest BCUT2D eigenvalue weighted by molar-refractivity contribution is 7.92. The molecule has 38 heavy (non-hydrogen) atoms. The quantitative estimate of drug-likeness (QED) is 0.476. The molecule has 0 aromatic heterocycles. The van der Waals surface area contributed by atoms with Gasteiger partial charge in [-0.2, -0.15) is 4.31 Å². The standard InChI is InChI=1S/C26H31F2N3O5S2/c1-2-37(33,34)29-17-20-11-14-31(18-20)38(35,36)22-8-6-21(7-9-22)23(26(32)30-12-3-4-13-30)15-19-5-10-24(27)25(28)16-19/h2,5-10,16,20,23,29H,1,3-4,11-15,17-18H2/t20-,23?/m1/s1. The molecule has 2 heterocycles. The van der Waals surface area contributed by atoms with E-state index in [0.29, 0.717) is 30.6 Å². The van der Waals surface area contributed by atoms with Crippen molar-refractivity contribution < 1.29 is 30.4 Å². The maximum absolute atomic E-state index is 13.8. The van der Waals surface area contributed by atoms with Crippen molar-refractivity contribution in [2.45, 2.75) is 36.5 Å². The summed E-state index contributed by atoms with van der Waals surface area (Å²) >= 11 is 0. The van der Waals surface area contributed by atoms with Crippen LogP contribution in [0.5, 0.6) is 0 Å². The van der Waals surface area contributed by atoms with Crippen LogP contribution in [0.3, 0.4) is 0 Å². The molecule has 0 radical (unpaired) electrons. The van der Waals surface area contributed by atoms with Gasteiger partial charge in [-0.3, -0.25) is 4.79 Å². The predicted octanol–water partition coefficient (Wildman–Crippen LogP) is 2.99. The Kier molecular flexibility index (Phi) is 8.65. The molecule has 2 aliphatic rings. The van der Waals surface area contributed by atoms with E-state index in [1.165, 1.54) is 22.5 Å². The number of carbonyl (C=O) groups is 1. The van der Waals surface area contributed by atoms with Crippen molar-refractivity contribution in [2.24, 2.45) is 5.92 Å². The fourth-order valence-electron chi connectivity index (χ4n) is 4.90. The molecule has 206 valence electrons. The van der Waals surface area contributed by atoms with Crippen LogP contribution in [0.2, 0.25) is 0 Å². The molecule has 4 rings (SSSR count). The molecule has 8 nitrogen and oxygen atoms in total. The fraction of sp³-hybridized carbons (Fsp3) is 0.423. The van der Waals surface area contributed by atoms with E-state index in [9.17, 15) is 30.4 Å². The van der Waals surface area contributed by atoms with E-state index in [0.717, 1.165) is 30.4 Å². The second kappa shape index (κ2) is 11.6. The van der Waals surface area contributed by atoms with Gasteiger partial charge >= 0.3 is 0 Å². The first-order valence-corrected chi connectivity index (χ1v) is 15.4. The van der Waals surface area contributed by atoms with Crippen LogP contribution in [0.1, 0.15) is 36.3 Å². The summed E-state index contributed by atoms with van der Waals surface area (Å²) in [7, 11) is -7.42. The van der Waals surface area contributed by atoms with Gasteiger partial charge in [0.2, 0.25) is 26.0 Å². The van der Waals surface area contributed by atoms with Crippen LogP contribution in [-0.4, -0.2) is 64.7 Å². The van der Waals surface area contributed by atoms with E-state index >= 15 is 0 Å². The molecule has 2 aromatic rings. The molecule has 2 aromatic carbocycles. The zero-order valence-corrected chi connectivity index (χ0v) is 22.5. The molecule has 2 aliphatic heterocycles. The predicted molar refractivity (Wildman–Crippen MR) is 139 cm³/mol. The molecule has 1 unspecified atom stereocenters. The molecule has 12 heteroatoms. The Labute approximate surface area is 222 Å². The zero-order chi connectivity index (χ0) is 27.5. The van der Waals surface area contributed by atoms with Gasteiger partial charge in [-0.25, -0.2) is 30.3 Å². The maximum atomic E-state index is 13.8. The third-order valence-electron chi connectivity index (χ3n) is 7.10. The number of benzene rings is 2. The first-order valence-electron chi connectivity index (χ1n) is 12.4. The Morgan fingerprint density at radius 1 is 1.03 bits per heavy atom. The van der Waals surface area contributed by atoms with Crippen molar-refractivity contribution >= 4 is 26.0 Å². The summed E-state index contributed by atoms with van der Waals surface area (Å²) < 4.78 is 80.7. The number of hydrogen-bond acceptors (Lipinski definition) is 5. The molecule has 0 bridgehead atoms. The lowest BCUT2D eigenvalue weighted by atomic mass is 9.90. The number of halogens is 2. The number of nitrogens with zero attached hydrogens (tertiary/aromatic N) is 2. The molecule has 2 saturated heterocycles. The number of carbonyl (C=O) groups excluding carboxylic acids is 1. The monoisotopic (exact) mass is 567 g/mol. The van der Waals surface area contributed by atoms with Crippen molar-refractivity contribution in [1.82, 2.24) is 13.9 Å². The average Bonchev–Trinajstić information content (AvgIpc) is 3.61. The van der Waals surface area contributed by atoms with Crippen LogP contribution >= 0.6 is 0 Å². The Morgan fingerprint density at radius 3 is 2.34 bits per heavy atom. The average molecular weight is 568 g/mol. The summed E-state index contributed by atoms with van der Waals surface area (Å²) in [6.45, 7) is 5.04. The minimum atomic E-state index is -3.83. The van der Waals surface area contributed by atoms with E-state index < -0.39 is 37.6 Å². The highest BCUT2D eigenvalue weighted by Crippen LogP contribution is 2.29. The summed E-state index contributed by atoms with van der Waals surface area (Å²) in [5, 5.41) is 0.812. The number of likely N-dealkylation sites (tertiary alicyclic amines) is 1. The van der Waals surface area contributed by atoms with E-state index in [2.05, 4.69) is 11.3 Å². The van der Waals surface area contributed by atoms with Gasteiger partial charge in [-0.05, 0) is 67.0 Å². The molecular weight excluding hydrogens is 536 g/mol. The van der Waals surface area contributed by atoms with Crippen molar-refractivity contribution in [3.63, 3.8) is 0 Å². The van der Waals surface area contributed by atoms with E-state index in [-0.39, 0.29) is 42.8 Å². The van der Waals surface area contributed by atoms with Crippen molar-refractivity contribution in [3.8, 4) is 0 Å². The lowest BCUT2D eigenvalue weighted by Gasteiger charge is -2.24. The molecule has 0 spiro atoms. The topological polar surface area (TPSA) is 104 Å². The number of amides is 1. The minimum Gasteiger partial charge on any atom is -0.342 e. The van der Waals surface area contributed by atoms with Crippen LogP contribution in [0.25, 0.3) is 0 Å². The maximum Gasteiger partial charge on any atom is 0.243 e. The van der Waals surface area contributed by atoms with E-state index in [4.69, 9.17) is 0 Å². The number of sulfonamides is 2. The number of rotatable bonds is 10. The SMILES string of the molecule is C=CS(=O)(=O)NC[C@H]1CCN(S(=O)(=O)c2ccc(C(Cc3ccc(F)c(F)c3)C(=O)N3CCCC3)cc2)C1. The van der Waals surface area contributed by atoms with Gasteiger partial charge in [0.25, 0.3) is 0 Å². The van der Waals surface area contributed by atoms with Crippen LogP contribution in [0.4, 0.5) is 8.78 Å². The molecule has 0 saturated carbocycles. The van der Waals surface area contributed by atoms with Gasteiger partial charge in [0.05, 0.1) is 10.8 Å². The van der Waals surface area contributed by atoms with Crippen molar-refractivity contribution in [2.75, 3.05) is 32.7 Å². The first-order chi connectivity index (χ1) is 18.0. The summed E-state index contributed by atoms with van der Waals surface area (Å²) in [5.74, 6) is -2.93. The van der Waals surface area contributed by atoms with Crippen molar-refractivity contribution in [1.29, 1.82) is 0 Å². The molecular formula is C26H31F2N3O5S2. The third-order valence-corrected chi connectivity index (χ3v) is 9.99. The van der Waals surface area contributed by atoms with E-state index in [1.54, 1.807) is 17.0 Å². The summed E-state index contributed by atoms with van der Waals surface area (Å²) in [5.41, 5.74) is 1.05. The second-order valence-corrected chi connectivity index (χ2v) is 13.3. The lowest BCUT2D eigenvalue weighted by molar-refractivity contribution is -0.131. The molecule has 1 N–H and O–H groups in total. The third kappa shape index (κ3) is 6.48. The summed E-state index contributed by atoms with van der Waals surface area (Å²) in [6.07, 6.45) is 2.45. The van der Waals surface area contributed by atoms with Crippen LogP contribution in [0, 0.1) is 17.6 Å². The largest absolute Gasteiger partial charge is 0.342 e. The van der Waals surface area contributed by atoms with Gasteiger partial charge in [0.1, 0.15) is 0 Å². The van der Waals surface area contributed by atoms with Gasteiger partial charge in [0, 0.05) is 38.1 Å². The van der Waals surface area contributed by atoms with Crippen LogP contribution in [-0.2, 0) is 31.3 Å². The highest BCUT2D eigenvalue weighted by Gasteiger charge is 2.34. The molecule has 2 fully saturated rings. The number of hydrogen-bond donors (Lipinski definition) is 1. The zero-order valence-electron chi connectivity index (χ0n) is 20.9. The van der Waals surface area contributed by atoms with Crippen LogP contribution in [0.15, 0.2) is 59.3 Å². The Balaban J connectivity index is 1.51. The van der Waals surface area contributed by atoms with Crippen LogP contribution < -0.4 is 4.72 Å².